The molecule has 3 nitrogen and oxygen atoms in total. The molecule has 1 aliphatic carbocycles. The molecule has 2 atom stereocenters. The highest BCUT2D eigenvalue weighted by molar-refractivity contribution is 5.95. The summed E-state index contributed by atoms with van der Waals surface area (Å²) in [5.74, 6) is 0.255. The Balaban J connectivity index is 1.49. The molecule has 0 unspecified atom stereocenters. The smallest absolute Gasteiger partial charge is 0.254 e. The Labute approximate surface area is 169 Å². The molecule has 5 rings (SSSR count). The first kappa shape index (κ1) is 17.6. The van der Waals surface area contributed by atoms with Crippen LogP contribution < -0.4 is 0 Å². The van der Waals surface area contributed by atoms with Gasteiger partial charge in [0.1, 0.15) is 5.82 Å². The molecule has 3 aromatic carbocycles. The van der Waals surface area contributed by atoms with Crippen molar-refractivity contribution in [1.29, 1.82) is 5.26 Å². The molecule has 2 bridgehead atoms. The summed E-state index contributed by atoms with van der Waals surface area (Å²) < 4.78 is 13.3. The summed E-state index contributed by atoms with van der Waals surface area (Å²) in [6, 6.07) is 22.0. The minimum absolute atomic E-state index is 0.0120. The fraction of sp³-hybridized carbons (Fsp3) is 0.200. The van der Waals surface area contributed by atoms with Gasteiger partial charge in [-0.2, -0.15) is 5.26 Å². The maximum atomic E-state index is 13.3. The largest absolute Gasteiger partial charge is 0.332 e. The summed E-state index contributed by atoms with van der Waals surface area (Å²) in [5.41, 5.74) is 5.72. The Morgan fingerprint density at radius 1 is 0.966 bits per heavy atom. The van der Waals surface area contributed by atoms with E-state index in [4.69, 9.17) is 5.26 Å². The number of nitriles is 1. The second-order valence-electron chi connectivity index (χ2n) is 7.78. The SMILES string of the molecule is N#Cc1ccc(C(=O)N2CC[C@@H]3C[C@@H]2c2cc(-c4ccc(F)cc4)ccc23)cc1. The first-order valence-corrected chi connectivity index (χ1v) is 9.85. The van der Waals surface area contributed by atoms with E-state index in [0.29, 0.717) is 17.0 Å². The number of carbonyl (C=O) groups is 1. The van der Waals surface area contributed by atoms with Crippen LogP contribution in [0.1, 0.15) is 51.8 Å². The average molecular weight is 382 g/mol. The molecule has 0 saturated carbocycles. The van der Waals surface area contributed by atoms with Gasteiger partial charge in [-0.3, -0.25) is 4.79 Å². The van der Waals surface area contributed by atoms with Gasteiger partial charge in [0.15, 0.2) is 0 Å². The van der Waals surface area contributed by atoms with Crippen LogP contribution >= 0.6 is 0 Å². The third-order valence-corrected chi connectivity index (χ3v) is 6.19. The monoisotopic (exact) mass is 382 g/mol. The number of benzene rings is 3. The fourth-order valence-corrected chi connectivity index (χ4v) is 4.70. The van der Waals surface area contributed by atoms with E-state index in [1.54, 1.807) is 36.4 Å². The van der Waals surface area contributed by atoms with Crippen LogP contribution in [-0.4, -0.2) is 17.4 Å². The van der Waals surface area contributed by atoms with Crippen molar-refractivity contribution in [2.45, 2.75) is 24.8 Å². The molecular weight excluding hydrogens is 363 g/mol. The van der Waals surface area contributed by atoms with Crippen LogP contribution in [0.5, 0.6) is 0 Å². The van der Waals surface area contributed by atoms with Crippen molar-refractivity contribution in [2.75, 3.05) is 6.54 Å². The molecule has 1 heterocycles. The third-order valence-electron chi connectivity index (χ3n) is 6.19. The number of carbonyl (C=O) groups excluding carboxylic acids is 1. The molecule has 1 saturated heterocycles. The minimum Gasteiger partial charge on any atom is -0.332 e. The van der Waals surface area contributed by atoms with Crippen molar-refractivity contribution >= 4 is 5.91 Å². The molecular formula is C25H19FN2O. The van der Waals surface area contributed by atoms with Crippen molar-refractivity contribution < 1.29 is 9.18 Å². The predicted octanol–water partition coefficient (Wildman–Crippen LogP) is 5.44. The van der Waals surface area contributed by atoms with Gasteiger partial charge in [-0.15, -0.1) is 0 Å². The second kappa shape index (κ2) is 6.86. The van der Waals surface area contributed by atoms with Gasteiger partial charge in [-0.1, -0.05) is 24.3 Å². The molecule has 1 amide bonds. The lowest BCUT2D eigenvalue weighted by atomic mass is 9.94. The molecule has 2 aliphatic rings. The third kappa shape index (κ3) is 3.00. The molecule has 0 radical (unpaired) electrons. The van der Waals surface area contributed by atoms with Crippen LogP contribution in [-0.2, 0) is 0 Å². The van der Waals surface area contributed by atoms with Crippen LogP contribution in [0.25, 0.3) is 11.1 Å². The summed E-state index contributed by atoms with van der Waals surface area (Å²) in [4.78, 5) is 15.2. The van der Waals surface area contributed by atoms with Crippen molar-refractivity contribution in [3.05, 3.63) is 94.8 Å². The minimum atomic E-state index is -0.245. The standard InChI is InChI=1S/C25H19FN2O/c26-21-8-5-17(6-9-21)19-7-10-22-20-11-12-28(24(14-20)23(22)13-19)25(29)18-3-1-16(15-27)2-4-18/h1-10,13,20,24H,11-12,14H2/t20-,24-/m1/s1. The number of nitrogens with zero attached hydrogens (tertiary/aromatic N) is 2. The number of fused-ring (bicyclic) bond motifs is 5. The van der Waals surface area contributed by atoms with Gasteiger partial charge in [0.2, 0.25) is 0 Å². The van der Waals surface area contributed by atoms with Gasteiger partial charge in [0.25, 0.3) is 5.91 Å². The lowest BCUT2D eigenvalue weighted by Gasteiger charge is -2.34. The average Bonchev–Trinajstić information content (AvgIpc) is 3.05. The van der Waals surface area contributed by atoms with E-state index in [9.17, 15) is 9.18 Å². The topological polar surface area (TPSA) is 44.1 Å². The zero-order valence-corrected chi connectivity index (χ0v) is 15.8. The van der Waals surface area contributed by atoms with E-state index in [2.05, 4.69) is 24.3 Å². The lowest BCUT2D eigenvalue weighted by Crippen LogP contribution is -2.37. The van der Waals surface area contributed by atoms with E-state index in [1.165, 1.54) is 23.3 Å². The predicted molar refractivity (Wildman–Crippen MR) is 109 cm³/mol. The van der Waals surface area contributed by atoms with Crippen molar-refractivity contribution in [2.24, 2.45) is 0 Å². The highest BCUT2D eigenvalue weighted by atomic mass is 19.1. The zero-order valence-electron chi connectivity index (χ0n) is 15.8. The van der Waals surface area contributed by atoms with E-state index < -0.39 is 0 Å². The normalized spacial score (nSPS) is 19.5. The Morgan fingerprint density at radius 2 is 1.69 bits per heavy atom. The molecule has 0 N–H and O–H groups in total. The van der Waals surface area contributed by atoms with Crippen LogP contribution in [0.2, 0.25) is 0 Å². The molecule has 1 aliphatic heterocycles. The summed E-state index contributed by atoms with van der Waals surface area (Å²) in [5, 5.41) is 8.98. The van der Waals surface area contributed by atoms with Crippen LogP contribution in [0.4, 0.5) is 4.39 Å². The number of piperidine rings is 1. The molecule has 1 fully saturated rings. The maximum absolute atomic E-state index is 13.3. The number of halogens is 1. The van der Waals surface area contributed by atoms with Gasteiger partial charge in [-0.25, -0.2) is 4.39 Å². The number of hydrogen-bond donors (Lipinski definition) is 0. The first-order valence-electron chi connectivity index (χ1n) is 9.85. The van der Waals surface area contributed by atoms with Crippen LogP contribution in [0.3, 0.4) is 0 Å². The lowest BCUT2D eigenvalue weighted by molar-refractivity contribution is 0.0620. The van der Waals surface area contributed by atoms with E-state index >= 15 is 0 Å². The number of amides is 1. The van der Waals surface area contributed by atoms with Gasteiger partial charge in [0, 0.05) is 12.1 Å². The number of likely N-dealkylation sites (tertiary alicyclic amines) is 1. The zero-order chi connectivity index (χ0) is 20.0. The molecule has 0 aromatic heterocycles. The molecule has 29 heavy (non-hydrogen) atoms. The molecule has 4 heteroatoms. The van der Waals surface area contributed by atoms with Gasteiger partial charge >= 0.3 is 0 Å². The summed E-state index contributed by atoms with van der Waals surface area (Å²) in [6.07, 6.45) is 1.91. The Morgan fingerprint density at radius 3 is 2.41 bits per heavy atom. The van der Waals surface area contributed by atoms with E-state index in [-0.39, 0.29) is 17.8 Å². The Hall–Kier alpha value is -3.45. The quantitative estimate of drug-likeness (QED) is 0.592. The van der Waals surface area contributed by atoms with Gasteiger partial charge in [0.05, 0.1) is 17.7 Å². The Bertz CT molecular complexity index is 1130. The number of hydrogen-bond acceptors (Lipinski definition) is 2. The summed E-state index contributed by atoms with van der Waals surface area (Å²) in [7, 11) is 0. The molecule has 0 spiro atoms. The fourth-order valence-electron chi connectivity index (χ4n) is 4.70. The summed E-state index contributed by atoms with van der Waals surface area (Å²) >= 11 is 0. The first-order chi connectivity index (χ1) is 14.1. The van der Waals surface area contributed by atoms with Gasteiger partial charge in [-0.05, 0) is 83.5 Å². The number of rotatable bonds is 2. The highest BCUT2D eigenvalue weighted by Gasteiger charge is 2.41. The van der Waals surface area contributed by atoms with Crippen molar-refractivity contribution in [1.82, 2.24) is 4.90 Å². The van der Waals surface area contributed by atoms with E-state index in [1.807, 2.05) is 4.90 Å². The molecule has 142 valence electrons. The second-order valence-corrected chi connectivity index (χ2v) is 7.78. The van der Waals surface area contributed by atoms with Crippen LogP contribution in [0, 0.1) is 17.1 Å². The van der Waals surface area contributed by atoms with Crippen molar-refractivity contribution in [3.63, 3.8) is 0 Å². The molecule has 3 aromatic rings. The maximum Gasteiger partial charge on any atom is 0.254 e. The Kier molecular flexibility index (Phi) is 4.17. The van der Waals surface area contributed by atoms with E-state index in [0.717, 1.165) is 30.5 Å². The summed E-state index contributed by atoms with van der Waals surface area (Å²) in [6.45, 7) is 0.731. The van der Waals surface area contributed by atoms with Crippen LogP contribution in [0.15, 0.2) is 66.7 Å². The van der Waals surface area contributed by atoms with Gasteiger partial charge < -0.3 is 4.90 Å². The highest BCUT2D eigenvalue weighted by Crippen LogP contribution is 2.50. The van der Waals surface area contributed by atoms with Crippen molar-refractivity contribution in [3.8, 4) is 17.2 Å².